The van der Waals surface area contributed by atoms with Crippen molar-refractivity contribution < 1.29 is 12.8 Å². The minimum atomic E-state index is -3.24. The maximum atomic E-state index is 12.4. The average Bonchev–Trinajstić information content (AvgIpc) is 3.16. The van der Waals surface area contributed by atoms with Crippen LogP contribution in [0.3, 0.4) is 0 Å². The van der Waals surface area contributed by atoms with Gasteiger partial charge >= 0.3 is 0 Å². The summed E-state index contributed by atoms with van der Waals surface area (Å²) in [6, 6.07) is 3.67. The first-order valence-electron chi connectivity index (χ1n) is 7.55. The third kappa shape index (κ3) is 3.42. The van der Waals surface area contributed by atoms with E-state index in [4.69, 9.17) is 4.42 Å². The Bertz CT molecular complexity index is 714. The highest BCUT2D eigenvalue weighted by atomic mass is 32.2. The summed E-state index contributed by atoms with van der Waals surface area (Å²) in [4.78, 5) is 5.39. The molecule has 2 aromatic rings. The van der Waals surface area contributed by atoms with Crippen LogP contribution in [-0.4, -0.2) is 18.7 Å². The highest BCUT2D eigenvalue weighted by Gasteiger charge is 2.27. The van der Waals surface area contributed by atoms with Gasteiger partial charge in [0.2, 0.25) is 10.0 Å². The highest BCUT2D eigenvalue weighted by Crippen LogP contribution is 2.29. The molecule has 0 aromatic carbocycles. The summed E-state index contributed by atoms with van der Waals surface area (Å²) in [6.45, 7) is 2.20. The Balaban J connectivity index is 1.68. The first-order chi connectivity index (χ1) is 10.6. The van der Waals surface area contributed by atoms with Gasteiger partial charge in [-0.05, 0) is 31.9 Å². The first-order valence-corrected chi connectivity index (χ1v) is 9.91. The molecule has 2 aromatic heterocycles. The zero-order valence-corrected chi connectivity index (χ0v) is 14.2. The Morgan fingerprint density at radius 3 is 2.82 bits per heavy atom. The molecule has 1 N–H and O–H groups in total. The van der Waals surface area contributed by atoms with Crippen LogP contribution in [0, 0.1) is 6.92 Å². The summed E-state index contributed by atoms with van der Waals surface area (Å²) in [5.74, 6) is 0.717. The molecular formula is C15H20N2O3S2. The van der Waals surface area contributed by atoms with Crippen molar-refractivity contribution in [2.24, 2.45) is 0 Å². The molecule has 0 unspecified atom stereocenters. The Kier molecular flexibility index (Phi) is 4.65. The highest BCUT2D eigenvalue weighted by molar-refractivity contribution is 7.90. The molecule has 1 fully saturated rings. The van der Waals surface area contributed by atoms with Crippen molar-refractivity contribution in [3.05, 3.63) is 29.0 Å². The second-order valence-electron chi connectivity index (χ2n) is 5.63. The summed E-state index contributed by atoms with van der Waals surface area (Å²) in [6.07, 6.45) is 6.31. The second-order valence-corrected chi connectivity index (χ2v) is 8.76. The van der Waals surface area contributed by atoms with E-state index >= 15 is 0 Å². The third-order valence-electron chi connectivity index (χ3n) is 4.05. The van der Waals surface area contributed by atoms with Crippen LogP contribution in [0.1, 0.15) is 42.7 Å². The maximum absolute atomic E-state index is 12.4. The summed E-state index contributed by atoms with van der Waals surface area (Å²) in [7, 11) is -3.24. The molecule has 22 heavy (non-hydrogen) atoms. The first kappa shape index (κ1) is 15.7. The predicted molar refractivity (Wildman–Crippen MR) is 87.2 cm³/mol. The van der Waals surface area contributed by atoms with Crippen molar-refractivity contribution >= 4 is 21.4 Å². The molecule has 0 saturated heterocycles. The number of furan rings is 1. The van der Waals surface area contributed by atoms with E-state index in [-0.39, 0.29) is 5.25 Å². The molecule has 1 aliphatic rings. The number of nitrogens with zero attached hydrogens (tertiary/aromatic N) is 1. The van der Waals surface area contributed by atoms with Crippen LogP contribution in [0.15, 0.2) is 22.8 Å². The van der Waals surface area contributed by atoms with Gasteiger partial charge in [0, 0.05) is 11.4 Å². The van der Waals surface area contributed by atoms with Gasteiger partial charge in [0.15, 0.2) is 10.8 Å². The van der Waals surface area contributed by atoms with E-state index in [0.717, 1.165) is 53.4 Å². The fourth-order valence-corrected chi connectivity index (χ4v) is 5.35. The topological polar surface area (TPSA) is 72.2 Å². The fraction of sp³-hybridized carbons (Fsp3) is 0.533. The molecule has 0 bridgehead atoms. The van der Waals surface area contributed by atoms with E-state index in [9.17, 15) is 8.42 Å². The van der Waals surface area contributed by atoms with Gasteiger partial charge in [-0.2, -0.15) is 0 Å². The van der Waals surface area contributed by atoms with Crippen molar-refractivity contribution in [3.63, 3.8) is 0 Å². The number of nitrogens with one attached hydrogen (secondary N) is 1. The van der Waals surface area contributed by atoms with Crippen molar-refractivity contribution in [2.75, 3.05) is 0 Å². The lowest BCUT2D eigenvalue weighted by Crippen LogP contribution is -2.35. The standard InChI is InChI=1S/C15H20N2O3S2/c1-11-14(21-15(17-11)13-8-5-9-20-13)10-16-22(18,19)12-6-3-2-4-7-12/h5,8-9,12,16H,2-4,6-7,10H2,1H3. The maximum Gasteiger partial charge on any atom is 0.214 e. The van der Waals surface area contributed by atoms with Crippen molar-refractivity contribution in [1.82, 2.24) is 9.71 Å². The van der Waals surface area contributed by atoms with Crippen molar-refractivity contribution in [2.45, 2.75) is 50.8 Å². The molecule has 3 rings (SSSR count). The molecule has 120 valence electrons. The van der Waals surface area contributed by atoms with Crippen LogP contribution in [0.25, 0.3) is 10.8 Å². The van der Waals surface area contributed by atoms with Gasteiger partial charge < -0.3 is 4.42 Å². The van der Waals surface area contributed by atoms with Gasteiger partial charge in [-0.1, -0.05) is 19.3 Å². The third-order valence-corrected chi connectivity index (χ3v) is 7.12. The van der Waals surface area contributed by atoms with Gasteiger partial charge in [0.1, 0.15) is 0 Å². The van der Waals surface area contributed by atoms with E-state index in [0.29, 0.717) is 6.54 Å². The molecule has 0 spiro atoms. The number of aryl methyl sites for hydroxylation is 1. The fourth-order valence-electron chi connectivity index (χ4n) is 2.76. The van der Waals surface area contributed by atoms with Crippen LogP contribution in [0.4, 0.5) is 0 Å². The van der Waals surface area contributed by atoms with Gasteiger partial charge in [-0.25, -0.2) is 18.1 Å². The van der Waals surface area contributed by atoms with Gasteiger partial charge in [-0.15, -0.1) is 11.3 Å². The average molecular weight is 340 g/mol. The smallest absolute Gasteiger partial charge is 0.214 e. The van der Waals surface area contributed by atoms with E-state index in [1.165, 1.54) is 11.3 Å². The molecule has 1 saturated carbocycles. The molecular weight excluding hydrogens is 320 g/mol. The lowest BCUT2D eigenvalue weighted by Gasteiger charge is -2.21. The van der Waals surface area contributed by atoms with Gasteiger partial charge in [0.25, 0.3) is 0 Å². The minimum absolute atomic E-state index is 0.237. The van der Waals surface area contributed by atoms with Gasteiger partial charge in [0.05, 0.1) is 17.2 Å². The molecule has 0 amide bonds. The summed E-state index contributed by atoms with van der Waals surface area (Å²) in [5.41, 5.74) is 0.850. The number of aromatic nitrogens is 1. The van der Waals surface area contributed by atoms with E-state index in [1.807, 2.05) is 19.1 Å². The lowest BCUT2D eigenvalue weighted by atomic mass is 10.0. The summed E-state index contributed by atoms with van der Waals surface area (Å²) < 4.78 is 32.8. The van der Waals surface area contributed by atoms with E-state index < -0.39 is 10.0 Å². The quantitative estimate of drug-likeness (QED) is 0.904. The molecule has 5 nitrogen and oxygen atoms in total. The van der Waals surface area contributed by atoms with Crippen molar-refractivity contribution in [1.29, 1.82) is 0 Å². The van der Waals surface area contributed by atoms with E-state index in [2.05, 4.69) is 9.71 Å². The Hall–Kier alpha value is -1.18. The number of hydrogen-bond donors (Lipinski definition) is 1. The number of rotatable bonds is 5. The Labute approximate surface area is 134 Å². The molecule has 7 heteroatoms. The summed E-state index contributed by atoms with van der Waals surface area (Å²) >= 11 is 1.47. The van der Waals surface area contributed by atoms with E-state index in [1.54, 1.807) is 6.26 Å². The normalized spacial score (nSPS) is 17.0. The monoisotopic (exact) mass is 340 g/mol. The Morgan fingerprint density at radius 1 is 1.36 bits per heavy atom. The molecule has 0 atom stereocenters. The largest absolute Gasteiger partial charge is 0.462 e. The molecule has 0 aliphatic heterocycles. The SMILES string of the molecule is Cc1nc(-c2ccco2)sc1CNS(=O)(=O)C1CCCCC1. The lowest BCUT2D eigenvalue weighted by molar-refractivity contribution is 0.477. The van der Waals surface area contributed by atoms with Crippen LogP contribution in [-0.2, 0) is 16.6 Å². The number of thiazole rings is 1. The van der Waals surface area contributed by atoms with Crippen LogP contribution in [0.5, 0.6) is 0 Å². The van der Waals surface area contributed by atoms with Crippen LogP contribution >= 0.6 is 11.3 Å². The second kappa shape index (κ2) is 6.52. The van der Waals surface area contributed by atoms with Crippen molar-refractivity contribution in [3.8, 4) is 10.8 Å². The molecule has 0 radical (unpaired) electrons. The molecule has 2 heterocycles. The predicted octanol–water partition coefficient (Wildman–Crippen LogP) is 3.46. The zero-order valence-electron chi connectivity index (χ0n) is 12.5. The summed E-state index contributed by atoms with van der Waals surface area (Å²) in [5, 5.41) is 0.549. The minimum Gasteiger partial charge on any atom is -0.462 e. The van der Waals surface area contributed by atoms with Crippen LogP contribution in [0.2, 0.25) is 0 Å². The number of sulfonamides is 1. The number of hydrogen-bond acceptors (Lipinski definition) is 5. The Morgan fingerprint density at radius 2 is 2.14 bits per heavy atom. The van der Waals surface area contributed by atoms with Crippen LogP contribution < -0.4 is 4.72 Å². The molecule has 1 aliphatic carbocycles. The zero-order chi connectivity index (χ0) is 15.6. The van der Waals surface area contributed by atoms with Gasteiger partial charge in [-0.3, -0.25) is 0 Å².